The van der Waals surface area contributed by atoms with Crippen LogP contribution >= 0.6 is 0 Å². The minimum atomic E-state index is -0.451. The van der Waals surface area contributed by atoms with Gasteiger partial charge in [-0.05, 0) is 44.5 Å². The van der Waals surface area contributed by atoms with Gasteiger partial charge in [-0.3, -0.25) is 0 Å². The van der Waals surface area contributed by atoms with E-state index in [2.05, 4.69) is 15.7 Å². The van der Waals surface area contributed by atoms with E-state index in [4.69, 9.17) is 4.74 Å². The minimum Gasteiger partial charge on any atom is -0.385 e. The van der Waals surface area contributed by atoms with E-state index >= 15 is 0 Å². The third kappa shape index (κ3) is 4.53. The average Bonchev–Trinajstić information content (AvgIpc) is 2.82. The number of ether oxygens (including phenoxy) is 1. The number of urea groups is 1. The number of nitrogens with zero attached hydrogens (tertiary/aromatic N) is 2. The Bertz CT molecular complexity index is 685. The number of methoxy groups -OCH3 is 1. The van der Waals surface area contributed by atoms with Crippen LogP contribution in [0.4, 0.5) is 14.9 Å². The Labute approximate surface area is 134 Å². The molecule has 23 heavy (non-hydrogen) atoms. The van der Waals surface area contributed by atoms with Gasteiger partial charge in [0, 0.05) is 31.6 Å². The second kappa shape index (κ2) is 7.73. The predicted octanol–water partition coefficient (Wildman–Crippen LogP) is 2.79. The van der Waals surface area contributed by atoms with Crippen molar-refractivity contribution in [3.05, 3.63) is 41.5 Å². The highest BCUT2D eigenvalue weighted by molar-refractivity contribution is 5.89. The van der Waals surface area contributed by atoms with Gasteiger partial charge in [0.1, 0.15) is 5.69 Å². The monoisotopic (exact) mass is 320 g/mol. The number of aryl methyl sites for hydroxylation is 2. The van der Waals surface area contributed by atoms with Crippen LogP contribution in [-0.4, -0.2) is 36.1 Å². The number of carbonyl (C=O) groups excluding carboxylic acids is 1. The average molecular weight is 320 g/mol. The standard InChI is InChI=1S/C16H21FN4O2/c1-11-9-12(2)21(20-11)15-6-5-13(10-14(15)17)19-16(22)18-7-4-8-23-3/h5-6,9-10H,4,7-8H2,1-3H3,(H2,18,19,22). The summed E-state index contributed by atoms with van der Waals surface area (Å²) in [5, 5.41) is 9.53. The van der Waals surface area contributed by atoms with Crippen molar-refractivity contribution in [2.24, 2.45) is 0 Å². The van der Waals surface area contributed by atoms with Crippen molar-refractivity contribution in [3.63, 3.8) is 0 Å². The summed E-state index contributed by atoms with van der Waals surface area (Å²) in [7, 11) is 1.60. The number of amides is 2. The molecule has 0 fully saturated rings. The van der Waals surface area contributed by atoms with Gasteiger partial charge >= 0.3 is 6.03 Å². The summed E-state index contributed by atoms with van der Waals surface area (Å²) in [5.41, 5.74) is 2.40. The molecule has 124 valence electrons. The Morgan fingerprint density at radius 1 is 1.35 bits per heavy atom. The molecule has 7 heteroatoms. The molecular formula is C16H21FN4O2. The summed E-state index contributed by atoms with van der Waals surface area (Å²) in [6.07, 6.45) is 0.717. The molecule has 0 unspecified atom stereocenters. The van der Waals surface area contributed by atoms with E-state index in [-0.39, 0.29) is 6.03 Å². The Morgan fingerprint density at radius 2 is 2.13 bits per heavy atom. The van der Waals surface area contributed by atoms with Gasteiger partial charge in [-0.1, -0.05) is 0 Å². The van der Waals surface area contributed by atoms with Gasteiger partial charge in [0.25, 0.3) is 0 Å². The molecule has 0 bridgehead atoms. The maximum absolute atomic E-state index is 14.3. The zero-order chi connectivity index (χ0) is 16.8. The first-order valence-corrected chi connectivity index (χ1v) is 7.38. The highest BCUT2D eigenvalue weighted by atomic mass is 19.1. The molecule has 1 heterocycles. The second-order valence-electron chi connectivity index (χ2n) is 5.23. The minimum absolute atomic E-state index is 0.349. The van der Waals surface area contributed by atoms with E-state index in [1.54, 1.807) is 23.9 Å². The van der Waals surface area contributed by atoms with E-state index < -0.39 is 5.82 Å². The van der Waals surface area contributed by atoms with E-state index in [1.165, 1.54) is 6.07 Å². The molecule has 2 rings (SSSR count). The lowest BCUT2D eigenvalue weighted by Gasteiger charge is -2.10. The number of hydrogen-bond donors (Lipinski definition) is 2. The quantitative estimate of drug-likeness (QED) is 0.804. The van der Waals surface area contributed by atoms with E-state index in [1.807, 2.05) is 19.9 Å². The molecule has 0 spiro atoms. The largest absolute Gasteiger partial charge is 0.385 e. The fourth-order valence-electron chi connectivity index (χ4n) is 2.22. The molecule has 2 N–H and O–H groups in total. The van der Waals surface area contributed by atoms with Crippen molar-refractivity contribution in [1.29, 1.82) is 0 Å². The van der Waals surface area contributed by atoms with Crippen LogP contribution in [0.2, 0.25) is 0 Å². The topological polar surface area (TPSA) is 68.2 Å². The van der Waals surface area contributed by atoms with Gasteiger partial charge in [0.2, 0.25) is 0 Å². The number of aromatic nitrogens is 2. The van der Waals surface area contributed by atoms with Gasteiger partial charge in [-0.25, -0.2) is 13.9 Å². The van der Waals surface area contributed by atoms with Crippen LogP contribution in [0.1, 0.15) is 17.8 Å². The van der Waals surface area contributed by atoms with Crippen molar-refractivity contribution in [3.8, 4) is 5.69 Å². The summed E-state index contributed by atoms with van der Waals surface area (Å²) >= 11 is 0. The van der Waals surface area contributed by atoms with E-state index in [9.17, 15) is 9.18 Å². The van der Waals surface area contributed by atoms with Crippen LogP contribution in [-0.2, 0) is 4.74 Å². The molecule has 1 aromatic heterocycles. The first kappa shape index (κ1) is 17.0. The van der Waals surface area contributed by atoms with Crippen LogP contribution in [0.3, 0.4) is 0 Å². The zero-order valence-corrected chi connectivity index (χ0v) is 13.5. The number of anilines is 1. The molecule has 0 saturated carbocycles. The number of rotatable bonds is 6. The van der Waals surface area contributed by atoms with Crippen molar-refractivity contribution in [2.45, 2.75) is 20.3 Å². The molecule has 2 aromatic rings. The van der Waals surface area contributed by atoms with Gasteiger partial charge < -0.3 is 15.4 Å². The highest BCUT2D eigenvalue weighted by Crippen LogP contribution is 2.19. The smallest absolute Gasteiger partial charge is 0.319 e. The predicted molar refractivity (Wildman–Crippen MR) is 86.5 cm³/mol. The van der Waals surface area contributed by atoms with Crippen LogP contribution in [0.25, 0.3) is 5.69 Å². The third-order valence-electron chi connectivity index (χ3n) is 3.25. The first-order chi connectivity index (χ1) is 11.0. The Kier molecular flexibility index (Phi) is 5.70. The van der Waals surface area contributed by atoms with Crippen molar-refractivity contribution in [1.82, 2.24) is 15.1 Å². The van der Waals surface area contributed by atoms with Crippen LogP contribution in [0, 0.1) is 19.7 Å². The lowest BCUT2D eigenvalue weighted by molar-refractivity contribution is 0.194. The number of nitrogens with one attached hydrogen (secondary N) is 2. The van der Waals surface area contributed by atoms with Crippen molar-refractivity contribution >= 4 is 11.7 Å². The molecule has 0 radical (unpaired) electrons. The van der Waals surface area contributed by atoms with Gasteiger partial charge in [0.05, 0.1) is 5.69 Å². The molecule has 0 aliphatic carbocycles. The molecule has 0 saturated heterocycles. The van der Waals surface area contributed by atoms with E-state index in [0.29, 0.717) is 24.5 Å². The molecule has 0 aliphatic rings. The summed E-state index contributed by atoms with van der Waals surface area (Å²) in [6.45, 7) is 4.78. The van der Waals surface area contributed by atoms with Gasteiger partial charge in [-0.2, -0.15) is 5.10 Å². The van der Waals surface area contributed by atoms with Gasteiger partial charge in [0.15, 0.2) is 5.82 Å². The maximum Gasteiger partial charge on any atom is 0.319 e. The number of benzene rings is 1. The Hall–Kier alpha value is -2.41. The second-order valence-corrected chi connectivity index (χ2v) is 5.23. The summed E-state index contributed by atoms with van der Waals surface area (Å²) < 4.78 is 20.7. The third-order valence-corrected chi connectivity index (χ3v) is 3.25. The Morgan fingerprint density at radius 3 is 2.74 bits per heavy atom. The van der Waals surface area contributed by atoms with Crippen molar-refractivity contribution in [2.75, 3.05) is 25.6 Å². The first-order valence-electron chi connectivity index (χ1n) is 7.38. The SMILES string of the molecule is COCCCNC(=O)Nc1ccc(-n2nc(C)cc2C)c(F)c1. The maximum atomic E-state index is 14.3. The molecule has 0 aliphatic heterocycles. The van der Waals surface area contributed by atoms with Crippen LogP contribution in [0.5, 0.6) is 0 Å². The summed E-state index contributed by atoms with van der Waals surface area (Å²) in [4.78, 5) is 11.7. The number of halogens is 1. The normalized spacial score (nSPS) is 10.6. The molecule has 1 aromatic carbocycles. The lowest BCUT2D eigenvalue weighted by atomic mass is 10.2. The Balaban J connectivity index is 2.02. The fraction of sp³-hybridized carbons (Fsp3) is 0.375. The zero-order valence-electron chi connectivity index (χ0n) is 13.5. The summed E-state index contributed by atoms with van der Waals surface area (Å²) in [6, 6.07) is 6.01. The van der Waals surface area contributed by atoms with Gasteiger partial charge in [-0.15, -0.1) is 0 Å². The molecule has 2 amide bonds. The number of hydrogen-bond acceptors (Lipinski definition) is 3. The molecule has 6 nitrogen and oxygen atoms in total. The van der Waals surface area contributed by atoms with Crippen molar-refractivity contribution < 1.29 is 13.9 Å². The summed E-state index contributed by atoms with van der Waals surface area (Å²) in [5.74, 6) is -0.451. The highest BCUT2D eigenvalue weighted by Gasteiger charge is 2.11. The fourth-order valence-corrected chi connectivity index (χ4v) is 2.22. The lowest BCUT2D eigenvalue weighted by Crippen LogP contribution is -2.30. The molecule has 0 atom stereocenters. The van der Waals surface area contributed by atoms with Crippen LogP contribution < -0.4 is 10.6 Å². The molecular weight excluding hydrogens is 299 g/mol. The van der Waals surface area contributed by atoms with E-state index in [0.717, 1.165) is 17.8 Å². The number of carbonyl (C=O) groups is 1. The van der Waals surface area contributed by atoms with Crippen LogP contribution in [0.15, 0.2) is 24.3 Å².